The van der Waals surface area contributed by atoms with Gasteiger partial charge in [-0.2, -0.15) is 0 Å². The third kappa shape index (κ3) is 2.14. The van der Waals surface area contributed by atoms with Crippen molar-refractivity contribution in [1.82, 2.24) is 9.97 Å². The SMILES string of the molecule is CCOC(=O)c1nc(N)ncc1C. The summed E-state index contributed by atoms with van der Waals surface area (Å²) < 4.78 is 4.78. The number of carbonyl (C=O) groups is 1. The second-order valence-corrected chi connectivity index (χ2v) is 2.48. The predicted molar refractivity (Wildman–Crippen MR) is 47.1 cm³/mol. The van der Waals surface area contributed by atoms with Gasteiger partial charge in [0.05, 0.1) is 6.61 Å². The first-order chi connectivity index (χ1) is 6.15. The number of ether oxygens (including phenoxy) is 1. The Hall–Kier alpha value is -1.65. The van der Waals surface area contributed by atoms with Gasteiger partial charge in [-0.1, -0.05) is 0 Å². The number of nitrogen functional groups attached to an aromatic ring is 1. The fourth-order valence-electron chi connectivity index (χ4n) is 0.862. The summed E-state index contributed by atoms with van der Waals surface area (Å²) in [5.41, 5.74) is 6.22. The first-order valence-corrected chi connectivity index (χ1v) is 3.91. The molecule has 0 aliphatic carbocycles. The van der Waals surface area contributed by atoms with E-state index in [4.69, 9.17) is 10.5 Å². The molecule has 13 heavy (non-hydrogen) atoms. The van der Waals surface area contributed by atoms with E-state index < -0.39 is 5.97 Å². The lowest BCUT2D eigenvalue weighted by molar-refractivity contribution is 0.0518. The van der Waals surface area contributed by atoms with Crippen molar-refractivity contribution in [2.75, 3.05) is 12.3 Å². The van der Waals surface area contributed by atoms with Crippen LogP contribution >= 0.6 is 0 Å². The van der Waals surface area contributed by atoms with E-state index in [9.17, 15) is 4.79 Å². The van der Waals surface area contributed by atoms with Gasteiger partial charge in [-0.15, -0.1) is 0 Å². The van der Waals surface area contributed by atoms with Crippen LogP contribution in [0.5, 0.6) is 0 Å². The van der Waals surface area contributed by atoms with Gasteiger partial charge < -0.3 is 10.5 Å². The molecule has 0 amide bonds. The van der Waals surface area contributed by atoms with Crippen molar-refractivity contribution in [3.63, 3.8) is 0 Å². The minimum atomic E-state index is -0.464. The Balaban J connectivity index is 2.99. The van der Waals surface area contributed by atoms with Crippen LogP contribution in [0.15, 0.2) is 6.20 Å². The molecule has 0 saturated carbocycles. The Morgan fingerprint density at radius 3 is 3.00 bits per heavy atom. The zero-order valence-corrected chi connectivity index (χ0v) is 7.57. The molecular weight excluding hydrogens is 170 g/mol. The quantitative estimate of drug-likeness (QED) is 0.674. The number of rotatable bonds is 2. The number of nitrogens with zero attached hydrogens (tertiary/aromatic N) is 2. The van der Waals surface area contributed by atoms with Crippen molar-refractivity contribution in [1.29, 1.82) is 0 Å². The van der Waals surface area contributed by atoms with Crippen molar-refractivity contribution in [3.05, 3.63) is 17.5 Å². The summed E-state index contributed by atoms with van der Waals surface area (Å²) in [5, 5.41) is 0. The Morgan fingerprint density at radius 1 is 1.69 bits per heavy atom. The summed E-state index contributed by atoms with van der Waals surface area (Å²) in [4.78, 5) is 18.8. The van der Waals surface area contributed by atoms with Crippen molar-refractivity contribution < 1.29 is 9.53 Å². The molecule has 0 bridgehead atoms. The molecule has 0 aliphatic heterocycles. The van der Waals surface area contributed by atoms with E-state index in [2.05, 4.69) is 9.97 Å². The van der Waals surface area contributed by atoms with E-state index in [1.807, 2.05) is 0 Å². The third-order valence-electron chi connectivity index (χ3n) is 1.46. The highest BCUT2D eigenvalue weighted by molar-refractivity contribution is 5.88. The van der Waals surface area contributed by atoms with Crippen LogP contribution in [0.4, 0.5) is 5.95 Å². The average molecular weight is 181 g/mol. The van der Waals surface area contributed by atoms with E-state index in [1.54, 1.807) is 13.8 Å². The molecule has 5 heteroatoms. The standard InChI is InChI=1S/C8H11N3O2/c1-3-13-7(12)6-5(2)4-10-8(9)11-6/h4H,3H2,1-2H3,(H2,9,10,11). The maximum Gasteiger partial charge on any atom is 0.357 e. The molecule has 5 nitrogen and oxygen atoms in total. The topological polar surface area (TPSA) is 78.1 Å². The molecule has 1 heterocycles. The van der Waals surface area contributed by atoms with E-state index in [0.717, 1.165) is 0 Å². The minimum absolute atomic E-state index is 0.0775. The fraction of sp³-hybridized carbons (Fsp3) is 0.375. The molecule has 0 fully saturated rings. The molecule has 0 spiro atoms. The Labute approximate surface area is 75.9 Å². The molecule has 70 valence electrons. The summed E-state index contributed by atoms with van der Waals surface area (Å²) in [6.45, 7) is 3.78. The normalized spacial score (nSPS) is 9.69. The van der Waals surface area contributed by atoms with Crippen LogP contribution in [-0.4, -0.2) is 22.5 Å². The Morgan fingerprint density at radius 2 is 2.38 bits per heavy atom. The average Bonchev–Trinajstić information content (AvgIpc) is 2.09. The number of hydrogen-bond donors (Lipinski definition) is 1. The molecule has 0 atom stereocenters. The van der Waals surface area contributed by atoms with Gasteiger partial charge in [0.25, 0.3) is 0 Å². The van der Waals surface area contributed by atoms with Gasteiger partial charge in [0.1, 0.15) is 0 Å². The first-order valence-electron chi connectivity index (χ1n) is 3.91. The minimum Gasteiger partial charge on any atom is -0.461 e. The lowest BCUT2D eigenvalue weighted by Gasteiger charge is -2.03. The number of aromatic nitrogens is 2. The van der Waals surface area contributed by atoms with Crippen molar-refractivity contribution in [3.8, 4) is 0 Å². The number of carbonyl (C=O) groups excluding carboxylic acids is 1. The maximum absolute atomic E-state index is 11.2. The van der Waals surface area contributed by atoms with Gasteiger partial charge in [0.15, 0.2) is 5.69 Å². The van der Waals surface area contributed by atoms with Crippen LogP contribution < -0.4 is 5.73 Å². The molecule has 0 aliphatic rings. The Kier molecular flexibility index (Phi) is 2.79. The van der Waals surface area contributed by atoms with Gasteiger partial charge in [-0.25, -0.2) is 14.8 Å². The summed E-state index contributed by atoms with van der Waals surface area (Å²) in [7, 11) is 0. The predicted octanol–water partition coefficient (Wildman–Crippen LogP) is 0.544. The van der Waals surface area contributed by atoms with Crippen LogP contribution in [0.3, 0.4) is 0 Å². The summed E-state index contributed by atoms with van der Waals surface area (Å²) in [6.07, 6.45) is 1.49. The molecule has 0 radical (unpaired) electrons. The molecule has 1 rings (SSSR count). The number of anilines is 1. The second-order valence-electron chi connectivity index (χ2n) is 2.48. The second kappa shape index (κ2) is 3.84. The highest BCUT2D eigenvalue weighted by Gasteiger charge is 2.12. The smallest absolute Gasteiger partial charge is 0.357 e. The lowest BCUT2D eigenvalue weighted by atomic mass is 10.2. The van der Waals surface area contributed by atoms with Gasteiger partial charge in [-0.05, 0) is 13.8 Å². The number of esters is 1. The van der Waals surface area contributed by atoms with Crippen LogP contribution in [0.1, 0.15) is 23.0 Å². The zero-order valence-electron chi connectivity index (χ0n) is 7.57. The van der Waals surface area contributed by atoms with E-state index >= 15 is 0 Å². The highest BCUT2D eigenvalue weighted by atomic mass is 16.5. The van der Waals surface area contributed by atoms with Crippen molar-refractivity contribution >= 4 is 11.9 Å². The number of nitrogens with two attached hydrogens (primary N) is 1. The van der Waals surface area contributed by atoms with Gasteiger partial charge in [-0.3, -0.25) is 0 Å². The molecule has 1 aromatic rings. The van der Waals surface area contributed by atoms with Crippen LogP contribution in [0.2, 0.25) is 0 Å². The zero-order chi connectivity index (χ0) is 9.84. The Bertz CT molecular complexity index is 325. The van der Waals surface area contributed by atoms with E-state index in [1.165, 1.54) is 6.20 Å². The largest absolute Gasteiger partial charge is 0.461 e. The van der Waals surface area contributed by atoms with E-state index in [0.29, 0.717) is 12.2 Å². The fourth-order valence-corrected chi connectivity index (χ4v) is 0.862. The van der Waals surface area contributed by atoms with Gasteiger partial charge in [0.2, 0.25) is 5.95 Å². The van der Waals surface area contributed by atoms with E-state index in [-0.39, 0.29) is 11.6 Å². The number of hydrogen-bond acceptors (Lipinski definition) is 5. The summed E-state index contributed by atoms with van der Waals surface area (Å²) >= 11 is 0. The van der Waals surface area contributed by atoms with Crippen LogP contribution in [-0.2, 0) is 4.74 Å². The maximum atomic E-state index is 11.2. The molecule has 0 unspecified atom stereocenters. The van der Waals surface area contributed by atoms with Gasteiger partial charge >= 0.3 is 5.97 Å². The first kappa shape index (κ1) is 9.44. The van der Waals surface area contributed by atoms with Crippen LogP contribution in [0, 0.1) is 6.92 Å². The van der Waals surface area contributed by atoms with Gasteiger partial charge in [0, 0.05) is 11.8 Å². The van der Waals surface area contributed by atoms with Crippen molar-refractivity contribution in [2.24, 2.45) is 0 Å². The summed E-state index contributed by atoms with van der Waals surface area (Å²) in [5.74, 6) is -0.386. The van der Waals surface area contributed by atoms with Crippen molar-refractivity contribution in [2.45, 2.75) is 13.8 Å². The number of aryl methyl sites for hydroxylation is 1. The summed E-state index contributed by atoms with van der Waals surface area (Å²) in [6, 6.07) is 0. The van der Waals surface area contributed by atoms with Crippen LogP contribution in [0.25, 0.3) is 0 Å². The molecular formula is C8H11N3O2. The molecule has 2 N–H and O–H groups in total. The third-order valence-corrected chi connectivity index (χ3v) is 1.46. The molecule has 0 saturated heterocycles. The molecule has 1 aromatic heterocycles. The molecule has 0 aromatic carbocycles. The lowest BCUT2D eigenvalue weighted by Crippen LogP contribution is -2.11. The monoisotopic (exact) mass is 181 g/mol. The highest BCUT2D eigenvalue weighted by Crippen LogP contribution is 2.06.